The topological polar surface area (TPSA) is 56.6 Å². The lowest BCUT2D eigenvalue weighted by Crippen LogP contribution is -2.42. The van der Waals surface area contributed by atoms with Crippen LogP contribution >= 0.6 is 0 Å². The molecule has 1 saturated carbocycles. The summed E-state index contributed by atoms with van der Waals surface area (Å²) < 4.78 is 13.1. The number of aromatic nitrogens is 2. The molecule has 0 N–H and O–H groups in total. The molecule has 0 bridgehead atoms. The molecule has 1 fully saturated rings. The number of ether oxygens (including phenoxy) is 2. The number of amides is 1. The number of methoxy groups -OCH3 is 1. The summed E-state index contributed by atoms with van der Waals surface area (Å²) in [6, 6.07) is 6.15. The molecule has 0 saturated heterocycles. The zero-order valence-electron chi connectivity index (χ0n) is 14.6. The van der Waals surface area contributed by atoms with Crippen molar-refractivity contribution >= 4 is 5.91 Å². The summed E-state index contributed by atoms with van der Waals surface area (Å²) in [5.74, 6) is 2.55. The van der Waals surface area contributed by atoms with Crippen LogP contribution in [0.3, 0.4) is 0 Å². The van der Waals surface area contributed by atoms with Gasteiger partial charge in [-0.3, -0.25) is 4.79 Å². The standard InChI is InChI=1S/C19H23N3O3/c1-21-8-7-20-18(21)11-22(15-4-5-15)19(23)14-9-13-3-6-16(24-2)10-17(13)25-12-14/h3,6-8,10,14-15H,4-5,9,11-12H2,1-2H3/t14-/m1/s1. The Kier molecular flexibility index (Phi) is 4.11. The van der Waals surface area contributed by atoms with Gasteiger partial charge in [-0.2, -0.15) is 0 Å². The normalized spacial score (nSPS) is 19.0. The van der Waals surface area contributed by atoms with Gasteiger partial charge in [-0.15, -0.1) is 0 Å². The van der Waals surface area contributed by atoms with Crippen molar-refractivity contribution in [3.05, 3.63) is 42.0 Å². The van der Waals surface area contributed by atoms with Crippen LogP contribution in [-0.2, 0) is 24.8 Å². The van der Waals surface area contributed by atoms with Gasteiger partial charge < -0.3 is 18.9 Å². The van der Waals surface area contributed by atoms with E-state index in [-0.39, 0.29) is 11.8 Å². The van der Waals surface area contributed by atoms with Gasteiger partial charge in [-0.25, -0.2) is 4.98 Å². The molecule has 1 aliphatic carbocycles. The fraction of sp³-hybridized carbons (Fsp3) is 0.474. The predicted molar refractivity (Wildman–Crippen MR) is 92.5 cm³/mol. The van der Waals surface area contributed by atoms with Crippen LogP contribution in [0.25, 0.3) is 0 Å². The van der Waals surface area contributed by atoms with Crippen LogP contribution in [0.15, 0.2) is 30.6 Å². The van der Waals surface area contributed by atoms with E-state index in [1.807, 2.05) is 40.9 Å². The maximum atomic E-state index is 13.1. The first-order valence-electron chi connectivity index (χ1n) is 8.72. The second-order valence-corrected chi connectivity index (χ2v) is 6.84. The maximum Gasteiger partial charge on any atom is 0.230 e. The van der Waals surface area contributed by atoms with Crippen LogP contribution in [-0.4, -0.2) is 40.1 Å². The number of benzene rings is 1. The largest absolute Gasteiger partial charge is 0.497 e. The van der Waals surface area contributed by atoms with Crippen molar-refractivity contribution in [3.8, 4) is 11.5 Å². The number of aryl methyl sites for hydroxylation is 1. The van der Waals surface area contributed by atoms with Gasteiger partial charge in [0, 0.05) is 31.5 Å². The van der Waals surface area contributed by atoms with E-state index < -0.39 is 0 Å². The Morgan fingerprint density at radius 3 is 2.96 bits per heavy atom. The second-order valence-electron chi connectivity index (χ2n) is 6.84. The first kappa shape index (κ1) is 16.0. The SMILES string of the molecule is COc1ccc2c(c1)OC[C@H](C(=O)N(Cc1nccn1C)C1CC1)C2. The fourth-order valence-electron chi connectivity index (χ4n) is 3.35. The van der Waals surface area contributed by atoms with Crippen molar-refractivity contribution in [2.75, 3.05) is 13.7 Å². The van der Waals surface area contributed by atoms with Crippen molar-refractivity contribution in [1.82, 2.24) is 14.5 Å². The third-order valence-electron chi connectivity index (χ3n) is 5.03. The third kappa shape index (κ3) is 3.21. The molecule has 2 aliphatic rings. The Labute approximate surface area is 147 Å². The zero-order chi connectivity index (χ0) is 17.4. The number of hydrogen-bond donors (Lipinski definition) is 0. The number of hydrogen-bond acceptors (Lipinski definition) is 4. The first-order valence-corrected chi connectivity index (χ1v) is 8.72. The Bertz CT molecular complexity index is 782. The fourth-order valence-corrected chi connectivity index (χ4v) is 3.35. The summed E-state index contributed by atoms with van der Waals surface area (Å²) in [6.45, 7) is 0.988. The predicted octanol–water partition coefficient (Wildman–Crippen LogP) is 2.17. The molecule has 0 radical (unpaired) electrons. The van der Waals surface area contributed by atoms with Crippen molar-refractivity contribution in [1.29, 1.82) is 0 Å². The summed E-state index contributed by atoms with van der Waals surface area (Å²) in [5.41, 5.74) is 1.07. The average Bonchev–Trinajstić information content (AvgIpc) is 3.40. The monoisotopic (exact) mass is 341 g/mol. The molecule has 1 amide bonds. The van der Waals surface area contributed by atoms with E-state index in [0.717, 1.165) is 35.7 Å². The summed E-state index contributed by atoms with van der Waals surface area (Å²) >= 11 is 0. The number of nitrogens with zero attached hydrogens (tertiary/aromatic N) is 3. The van der Waals surface area contributed by atoms with Gasteiger partial charge in [0.1, 0.15) is 23.9 Å². The minimum absolute atomic E-state index is 0.137. The van der Waals surface area contributed by atoms with Gasteiger partial charge in [0.2, 0.25) is 5.91 Å². The summed E-state index contributed by atoms with van der Waals surface area (Å²) in [4.78, 5) is 19.5. The van der Waals surface area contributed by atoms with E-state index in [0.29, 0.717) is 25.6 Å². The van der Waals surface area contributed by atoms with Gasteiger partial charge in [0.15, 0.2) is 0 Å². The lowest BCUT2D eigenvalue weighted by atomic mass is 9.95. The quantitative estimate of drug-likeness (QED) is 0.836. The number of imidazole rings is 1. The van der Waals surface area contributed by atoms with Gasteiger partial charge in [-0.05, 0) is 30.9 Å². The lowest BCUT2D eigenvalue weighted by Gasteiger charge is -2.30. The molecule has 1 aliphatic heterocycles. The Balaban J connectivity index is 1.50. The van der Waals surface area contributed by atoms with Crippen LogP contribution in [0.4, 0.5) is 0 Å². The van der Waals surface area contributed by atoms with Crippen LogP contribution in [0.1, 0.15) is 24.2 Å². The number of rotatable bonds is 5. The van der Waals surface area contributed by atoms with Crippen LogP contribution in [0.5, 0.6) is 11.5 Å². The Hall–Kier alpha value is -2.50. The Morgan fingerprint density at radius 2 is 2.28 bits per heavy atom. The van der Waals surface area contributed by atoms with Gasteiger partial charge in [0.05, 0.1) is 19.6 Å². The summed E-state index contributed by atoms with van der Waals surface area (Å²) in [7, 11) is 3.60. The molecule has 6 nitrogen and oxygen atoms in total. The molecule has 1 aromatic carbocycles. The van der Waals surface area contributed by atoms with E-state index in [1.54, 1.807) is 13.3 Å². The van der Waals surface area contributed by atoms with Crippen molar-refractivity contribution < 1.29 is 14.3 Å². The van der Waals surface area contributed by atoms with Crippen molar-refractivity contribution in [3.63, 3.8) is 0 Å². The molecule has 0 unspecified atom stereocenters. The smallest absolute Gasteiger partial charge is 0.230 e. The highest BCUT2D eigenvalue weighted by molar-refractivity contribution is 5.80. The molecule has 1 atom stereocenters. The van der Waals surface area contributed by atoms with Gasteiger partial charge >= 0.3 is 0 Å². The first-order chi connectivity index (χ1) is 12.2. The molecular formula is C19H23N3O3. The molecular weight excluding hydrogens is 318 g/mol. The molecule has 25 heavy (non-hydrogen) atoms. The van der Waals surface area contributed by atoms with E-state index >= 15 is 0 Å². The van der Waals surface area contributed by atoms with E-state index in [1.165, 1.54) is 0 Å². The number of fused-ring (bicyclic) bond motifs is 1. The lowest BCUT2D eigenvalue weighted by molar-refractivity contribution is -0.138. The molecule has 1 aromatic heterocycles. The molecule has 6 heteroatoms. The molecule has 2 aromatic rings. The van der Waals surface area contributed by atoms with E-state index in [2.05, 4.69) is 4.98 Å². The van der Waals surface area contributed by atoms with Crippen molar-refractivity contribution in [2.45, 2.75) is 31.8 Å². The van der Waals surface area contributed by atoms with Crippen LogP contribution in [0, 0.1) is 5.92 Å². The van der Waals surface area contributed by atoms with Gasteiger partial charge in [0.25, 0.3) is 0 Å². The highest BCUT2D eigenvalue weighted by Gasteiger charge is 2.38. The Morgan fingerprint density at radius 1 is 1.44 bits per heavy atom. The average molecular weight is 341 g/mol. The molecule has 0 spiro atoms. The van der Waals surface area contributed by atoms with E-state index in [4.69, 9.17) is 9.47 Å². The minimum Gasteiger partial charge on any atom is -0.497 e. The third-order valence-corrected chi connectivity index (χ3v) is 5.03. The van der Waals surface area contributed by atoms with Crippen LogP contribution in [0.2, 0.25) is 0 Å². The zero-order valence-corrected chi connectivity index (χ0v) is 14.6. The molecule has 2 heterocycles. The number of carbonyl (C=O) groups excluding carboxylic acids is 1. The molecule has 132 valence electrons. The molecule has 4 rings (SSSR count). The van der Waals surface area contributed by atoms with E-state index in [9.17, 15) is 4.79 Å². The maximum absolute atomic E-state index is 13.1. The number of carbonyl (C=O) groups is 1. The summed E-state index contributed by atoms with van der Waals surface area (Å²) in [5, 5.41) is 0. The second kappa shape index (κ2) is 6.43. The van der Waals surface area contributed by atoms with Crippen LogP contribution < -0.4 is 9.47 Å². The van der Waals surface area contributed by atoms with Crippen molar-refractivity contribution in [2.24, 2.45) is 13.0 Å². The van der Waals surface area contributed by atoms with Gasteiger partial charge in [-0.1, -0.05) is 6.07 Å². The minimum atomic E-state index is -0.137. The summed E-state index contributed by atoms with van der Waals surface area (Å²) in [6.07, 6.45) is 6.56. The highest BCUT2D eigenvalue weighted by atomic mass is 16.5. The highest BCUT2D eigenvalue weighted by Crippen LogP contribution is 2.34.